The summed E-state index contributed by atoms with van der Waals surface area (Å²) in [7, 11) is 0. The Morgan fingerprint density at radius 3 is 2.92 bits per heavy atom. The molecule has 0 bridgehead atoms. The van der Waals surface area contributed by atoms with Crippen LogP contribution in [0.1, 0.15) is 44.1 Å². The van der Waals surface area contributed by atoms with Crippen LogP contribution in [0, 0.1) is 12.8 Å². The number of carbonyl (C=O) groups excluding carboxylic acids is 1. The standard InChI is InChI=1S/C20H28N4O2/c1-3-4-11-21-20(25)17-6-5-12-24(13-17)14-18-22-19(23-26-18)16-9-7-15(2)8-10-16/h7-10,17H,3-6,11-14H2,1-2H3,(H,21,25). The molecule has 1 fully saturated rings. The lowest BCUT2D eigenvalue weighted by Gasteiger charge is -2.30. The molecule has 1 aromatic carbocycles. The van der Waals surface area contributed by atoms with E-state index in [1.165, 1.54) is 5.56 Å². The smallest absolute Gasteiger partial charge is 0.241 e. The fourth-order valence-corrected chi connectivity index (χ4v) is 3.28. The van der Waals surface area contributed by atoms with E-state index in [0.717, 1.165) is 50.9 Å². The van der Waals surface area contributed by atoms with Crippen LogP contribution >= 0.6 is 0 Å². The van der Waals surface area contributed by atoms with Crippen molar-refractivity contribution < 1.29 is 9.32 Å². The van der Waals surface area contributed by atoms with Crippen LogP contribution in [0.3, 0.4) is 0 Å². The van der Waals surface area contributed by atoms with Gasteiger partial charge in [0.25, 0.3) is 0 Å². The molecule has 1 atom stereocenters. The van der Waals surface area contributed by atoms with Crippen LogP contribution in [0.15, 0.2) is 28.8 Å². The molecular weight excluding hydrogens is 328 g/mol. The van der Waals surface area contributed by atoms with Crippen molar-refractivity contribution in [2.24, 2.45) is 5.92 Å². The molecular formula is C20H28N4O2. The van der Waals surface area contributed by atoms with E-state index >= 15 is 0 Å². The van der Waals surface area contributed by atoms with Gasteiger partial charge in [0, 0.05) is 18.7 Å². The second-order valence-electron chi connectivity index (χ2n) is 7.10. The Morgan fingerprint density at radius 2 is 2.15 bits per heavy atom. The summed E-state index contributed by atoms with van der Waals surface area (Å²) in [6, 6.07) is 8.08. The van der Waals surface area contributed by atoms with Gasteiger partial charge in [-0.15, -0.1) is 0 Å². The molecule has 6 nitrogen and oxygen atoms in total. The van der Waals surface area contributed by atoms with Gasteiger partial charge in [-0.1, -0.05) is 48.3 Å². The zero-order valence-corrected chi connectivity index (χ0v) is 15.7. The molecule has 0 saturated carbocycles. The molecule has 0 aliphatic carbocycles. The monoisotopic (exact) mass is 356 g/mol. The molecule has 2 aromatic rings. The molecule has 2 heterocycles. The van der Waals surface area contributed by atoms with Crippen LogP contribution in [0.5, 0.6) is 0 Å². The normalized spacial score (nSPS) is 18.0. The summed E-state index contributed by atoms with van der Waals surface area (Å²) in [5.41, 5.74) is 2.16. The number of hydrogen-bond donors (Lipinski definition) is 1. The number of benzene rings is 1. The lowest BCUT2D eigenvalue weighted by atomic mass is 9.97. The van der Waals surface area contributed by atoms with Gasteiger partial charge in [0.05, 0.1) is 12.5 Å². The summed E-state index contributed by atoms with van der Waals surface area (Å²) in [4.78, 5) is 19.0. The van der Waals surface area contributed by atoms with E-state index in [1.807, 2.05) is 24.3 Å². The summed E-state index contributed by atoms with van der Waals surface area (Å²) in [6.45, 7) is 7.26. The number of nitrogens with zero attached hydrogens (tertiary/aromatic N) is 3. The lowest BCUT2D eigenvalue weighted by Crippen LogP contribution is -2.42. The fourth-order valence-electron chi connectivity index (χ4n) is 3.28. The summed E-state index contributed by atoms with van der Waals surface area (Å²) in [5, 5.41) is 7.14. The predicted molar refractivity (Wildman–Crippen MR) is 100 cm³/mol. The molecule has 1 N–H and O–H groups in total. The highest BCUT2D eigenvalue weighted by atomic mass is 16.5. The first kappa shape index (κ1) is 18.6. The summed E-state index contributed by atoms with van der Waals surface area (Å²) < 4.78 is 5.42. The number of aromatic nitrogens is 2. The minimum Gasteiger partial charge on any atom is -0.356 e. The quantitative estimate of drug-likeness (QED) is 0.772. The molecule has 1 saturated heterocycles. The number of hydrogen-bond acceptors (Lipinski definition) is 5. The van der Waals surface area contributed by atoms with Crippen molar-refractivity contribution in [2.75, 3.05) is 19.6 Å². The number of rotatable bonds is 7. The first-order chi connectivity index (χ1) is 12.7. The number of likely N-dealkylation sites (tertiary alicyclic amines) is 1. The van der Waals surface area contributed by atoms with Gasteiger partial charge in [0.2, 0.25) is 17.6 Å². The maximum Gasteiger partial charge on any atom is 0.241 e. The molecule has 26 heavy (non-hydrogen) atoms. The second-order valence-corrected chi connectivity index (χ2v) is 7.10. The molecule has 3 rings (SSSR count). The van der Waals surface area contributed by atoms with Crippen molar-refractivity contribution in [3.8, 4) is 11.4 Å². The van der Waals surface area contributed by atoms with Crippen molar-refractivity contribution in [1.29, 1.82) is 0 Å². The third-order valence-electron chi connectivity index (χ3n) is 4.84. The molecule has 1 aliphatic rings. The van der Waals surface area contributed by atoms with Crippen molar-refractivity contribution in [3.63, 3.8) is 0 Å². The predicted octanol–water partition coefficient (Wildman–Crippen LogP) is 3.17. The number of amides is 1. The largest absolute Gasteiger partial charge is 0.356 e. The van der Waals surface area contributed by atoms with Gasteiger partial charge in [0.15, 0.2) is 0 Å². The van der Waals surface area contributed by atoms with E-state index in [0.29, 0.717) is 18.3 Å². The van der Waals surface area contributed by atoms with Crippen molar-refractivity contribution >= 4 is 5.91 Å². The number of piperidine rings is 1. The fraction of sp³-hybridized carbons (Fsp3) is 0.550. The molecule has 1 aromatic heterocycles. The van der Waals surface area contributed by atoms with Gasteiger partial charge in [0.1, 0.15) is 0 Å². The molecule has 1 unspecified atom stereocenters. The van der Waals surface area contributed by atoms with Gasteiger partial charge in [-0.05, 0) is 32.7 Å². The van der Waals surface area contributed by atoms with Gasteiger partial charge in [-0.25, -0.2) is 0 Å². The third kappa shape index (κ3) is 4.91. The average Bonchev–Trinajstić information content (AvgIpc) is 3.11. The number of nitrogens with one attached hydrogen (secondary N) is 1. The van der Waals surface area contributed by atoms with Crippen LogP contribution in [0.4, 0.5) is 0 Å². The Kier molecular flexibility index (Phi) is 6.39. The van der Waals surface area contributed by atoms with Crippen LogP contribution in [0.25, 0.3) is 11.4 Å². The highest BCUT2D eigenvalue weighted by Crippen LogP contribution is 2.20. The Bertz CT molecular complexity index is 711. The summed E-state index contributed by atoms with van der Waals surface area (Å²) in [6.07, 6.45) is 4.10. The zero-order chi connectivity index (χ0) is 18.4. The Hall–Kier alpha value is -2.21. The lowest BCUT2D eigenvalue weighted by molar-refractivity contribution is -0.126. The van der Waals surface area contributed by atoms with E-state index in [2.05, 4.69) is 34.2 Å². The number of aryl methyl sites for hydroxylation is 1. The van der Waals surface area contributed by atoms with E-state index in [1.54, 1.807) is 0 Å². The molecule has 6 heteroatoms. The zero-order valence-electron chi connectivity index (χ0n) is 15.7. The van der Waals surface area contributed by atoms with E-state index in [9.17, 15) is 4.79 Å². The van der Waals surface area contributed by atoms with Gasteiger partial charge >= 0.3 is 0 Å². The average molecular weight is 356 g/mol. The Morgan fingerprint density at radius 1 is 1.35 bits per heavy atom. The van der Waals surface area contributed by atoms with Gasteiger partial charge in [-0.2, -0.15) is 4.98 Å². The first-order valence-electron chi connectivity index (χ1n) is 9.55. The number of carbonyl (C=O) groups is 1. The second kappa shape index (κ2) is 8.94. The van der Waals surface area contributed by atoms with E-state index in [4.69, 9.17) is 4.52 Å². The molecule has 1 amide bonds. The van der Waals surface area contributed by atoms with Crippen LogP contribution in [-0.2, 0) is 11.3 Å². The van der Waals surface area contributed by atoms with Crippen LogP contribution in [-0.4, -0.2) is 40.6 Å². The molecule has 0 spiro atoms. The maximum absolute atomic E-state index is 12.3. The summed E-state index contributed by atoms with van der Waals surface area (Å²) >= 11 is 0. The molecule has 140 valence electrons. The Balaban J connectivity index is 1.55. The van der Waals surface area contributed by atoms with Gasteiger partial charge in [-0.3, -0.25) is 9.69 Å². The van der Waals surface area contributed by atoms with Crippen molar-refractivity contribution in [2.45, 2.75) is 46.1 Å². The molecule has 1 aliphatic heterocycles. The van der Waals surface area contributed by atoms with Crippen molar-refractivity contribution in [1.82, 2.24) is 20.4 Å². The third-order valence-corrected chi connectivity index (χ3v) is 4.84. The Labute approximate surface area is 155 Å². The first-order valence-corrected chi connectivity index (χ1v) is 9.55. The molecule has 0 radical (unpaired) electrons. The van der Waals surface area contributed by atoms with Crippen LogP contribution in [0.2, 0.25) is 0 Å². The minimum atomic E-state index is 0.0556. The van der Waals surface area contributed by atoms with Gasteiger partial charge < -0.3 is 9.84 Å². The SMILES string of the molecule is CCCCNC(=O)C1CCCN(Cc2nc(-c3ccc(C)cc3)no2)C1. The highest BCUT2D eigenvalue weighted by molar-refractivity contribution is 5.78. The minimum absolute atomic E-state index is 0.0556. The van der Waals surface area contributed by atoms with Crippen LogP contribution < -0.4 is 5.32 Å². The highest BCUT2D eigenvalue weighted by Gasteiger charge is 2.26. The van der Waals surface area contributed by atoms with E-state index in [-0.39, 0.29) is 11.8 Å². The summed E-state index contributed by atoms with van der Waals surface area (Å²) in [5.74, 6) is 1.45. The topological polar surface area (TPSA) is 71.3 Å². The number of unbranched alkanes of at least 4 members (excludes halogenated alkanes) is 1. The van der Waals surface area contributed by atoms with E-state index < -0.39 is 0 Å². The maximum atomic E-state index is 12.3. The van der Waals surface area contributed by atoms with Crippen molar-refractivity contribution in [3.05, 3.63) is 35.7 Å².